The van der Waals surface area contributed by atoms with Crippen molar-refractivity contribution in [1.82, 2.24) is 14.5 Å². The predicted molar refractivity (Wildman–Crippen MR) is 139 cm³/mol. The van der Waals surface area contributed by atoms with E-state index in [4.69, 9.17) is 4.98 Å². The van der Waals surface area contributed by atoms with Crippen LogP contribution < -0.4 is 4.90 Å². The molecule has 3 heterocycles. The lowest BCUT2D eigenvalue weighted by molar-refractivity contribution is -0.133. The molecule has 1 unspecified atom stereocenters. The van der Waals surface area contributed by atoms with Crippen molar-refractivity contribution in [3.8, 4) is 0 Å². The number of carbonyl (C=O) groups excluding carboxylic acids is 2. The summed E-state index contributed by atoms with van der Waals surface area (Å²) in [7, 11) is 0. The summed E-state index contributed by atoms with van der Waals surface area (Å²) in [6, 6.07) is 16.4. The number of benzene rings is 2. The van der Waals surface area contributed by atoms with Crippen LogP contribution in [0.5, 0.6) is 0 Å². The number of anilines is 1. The van der Waals surface area contributed by atoms with Crippen molar-refractivity contribution in [2.45, 2.75) is 64.8 Å². The van der Waals surface area contributed by atoms with E-state index in [1.165, 1.54) is 18.4 Å². The lowest BCUT2D eigenvalue weighted by atomic mass is 9.99. The minimum atomic E-state index is -0.0381. The molecule has 1 aromatic heterocycles. The number of fused-ring (bicyclic) bond motifs is 1. The van der Waals surface area contributed by atoms with Crippen molar-refractivity contribution in [1.29, 1.82) is 0 Å². The summed E-state index contributed by atoms with van der Waals surface area (Å²) >= 11 is 0. The number of likely N-dealkylation sites (tertiary alicyclic amines) is 1. The maximum absolute atomic E-state index is 13.2. The second-order valence-corrected chi connectivity index (χ2v) is 10.3. The van der Waals surface area contributed by atoms with Crippen LogP contribution in [-0.4, -0.2) is 45.9 Å². The number of aryl methyl sites for hydroxylation is 1. The monoisotopic (exact) mass is 472 g/mol. The van der Waals surface area contributed by atoms with Crippen LogP contribution in [0.1, 0.15) is 63.3 Å². The molecule has 6 heteroatoms. The molecule has 0 spiro atoms. The molecule has 3 aromatic rings. The lowest BCUT2D eigenvalue weighted by Crippen LogP contribution is -2.40. The number of amides is 2. The maximum Gasteiger partial charge on any atom is 0.242 e. The second-order valence-electron chi connectivity index (χ2n) is 10.3. The summed E-state index contributed by atoms with van der Waals surface area (Å²) in [6.07, 6.45) is 5.96. The highest BCUT2D eigenvalue weighted by atomic mass is 16.2. The summed E-state index contributed by atoms with van der Waals surface area (Å²) in [6.45, 7) is 6.97. The third kappa shape index (κ3) is 4.97. The molecule has 1 atom stereocenters. The van der Waals surface area contributed by atoms with Crippen LogP contribution in [0.25, 0.3) is 11.0 Å². The number of aromatic nitrogens is 2. The predicted octanol–water partition coefficient (Wildman–Crippen LogP) is 5.16. The first-order valence-electron chi connectivity index (χ1n) is 13.2. The van der Waals surface area contributed by atoms with Crippen LogP contribution in [-0.2, 0) is 22.6 Å². The first-order chi connectivity index (χ1) is 17.0. The fourth-order valence-electron chi connectivity index (χ4n) is 5.42. The number of piperidine rings is 1. The van der Waals surface area contributed by atoms with Crippen LogP contribution >= 0.6 is 0 Å². The minimum absolute atomic E-state index is 0.0381. The number of hydrogen-bond donors (Lipinski definition) is 0. The Labute approximate surface area is 207 Å². The molecule has 2 aliphatic heterocycles. The Morgan fingerprint density at radius 1 is 1.06 bits per heavy atom. The number of hydrogen-bond acceptors (Lipinski definition) is 3. The molecule has 2 saturated heterocycles. The fourth-order valence-corrected chi connectivity index (χ4v) is 5.42. The fraction of sp³-hybridized carbons (Fsp3) is 0.483. The molecule has 0 radical (unpaired) electrons. The molecule has 35 heavy (non-hydrogen) atoms. The SMILES string of the molecule is CCCCc1ccc(N2CC(c3nc4ccccc4n3CC(=O)N3CCC(C)CC3)CC2=O)cc1. The zero-order valence-electron chi connectivity index (χ0n) is 20.9. The normalized spacial score (nSPS) is 19.1. The van der Waals surface area contributed by atoms with Crippen molar-refractivity contribution < 1.29 is 9.59 Å². The zero-order chi connectivity index (χ0) is 24.4. The molecule has 2 amide bonds. The van der Waals surface area contributed by atoms with E-state index in [9.17, 15) is 9.59 Å². The highest BCUT2D eigenvalue weighted by molar-refractivity contribution is 5.96. The Balaban J connectivity index is 1.38. The Bertz CT molecular complexity index is 1190. The average molecular weight is 473 g/mol. The first-order valence-corrected chi connectivity index (χ1v) is 13.2. The summed E-state index contributed by atoms with van der Waals surface area (Å²) in [5.74, 6) is 1.75. The van der Waals surface area contributed by atoms with Crippen molar-refractivity contribution in [3.63, 3.8) is 0 Å². The molecule has 0 bridgehead atoms. The van der Waals surface area contributed by atoms with E-state index < -0.39 is 0 Å². The number of rotatable bonds is 7. The molecule has 0 saturated carbocycles. The van der Waals surface area contributed by atoms with Gasteiger partial charge in [-0.2, -0.15) is 0 Å². The van der Waals surface area contributed by atoms with Crippen molar-refractivity contribution in [2.75, 3.05) is 24.5 Å². The van der Waals surface area contributed by atoms with Crippen LogP contribution in [0, 0.1) is 5.92 Å². The van der Waals surface area contributed by atoms with Crippen LogP contribution in [0.4, 0.5) is 5.69 Å². The largest absolute Gasteiger partial charge is 0.341 e. The third-order valence-electron chi connectivity index (χ3n) is 7.67. The Morgan fingerprint density at radius 2 is 1.80 bits per heavy atom. The molecule has 6 nitrogen and oxygen atoms in total. The average Bonchev–Trinajstić information content (AvgIpc) is 3.44. The van der Waals surface area contributed by atoms with Gasteiger partial charge >= 0.3 is 0 Å². The number of nitrogens with zero attached hydrogens (tertiary/aromatic N) is 4. The van der Waals surface area contributed by atoms with Gasteiger partial charge in [-0.3, -0.25) is 9.59 Å². The van der Waals surface area contributed by atoms with Gasteiger partial charge in [0.05, 0.1) is 11.0 Å². The van der Waals surface area contributed by atoms with Gasteiger partial charge in [-0.1, -0.05) is 44.5 Å². The van der Waals surface area contributed by atoms with Crippen LogP contribution in [0.15, 0.2) is 48.5 Å². The van der Waals surface area contributed by atoms with Gasteiger partial charge in [-0.25, -0.2) is 4.98 Å². The van der Waals surface area contributed by atoms with Gasteiger partial charge in [0, 0.05) is 37.7 Å². The van der Waals surface area contributed by atoms with Gasteiger partial charge < -0.3 is 14.4 Å². The highest BCUT2D eigenvalue weighted by Crippen LogP contribution is 2.33. The molecule has 184 valence electrons. The quantitative estimate of drug-likeness (QED) is 0.477. The molecular formula is C29H36N4O2. The topological polar surface area (TPSA) is 58.4 Å². The van der Waals surface area contributed by atoms with Gasteiger partial charge in [0.15, 0.2) is 0 Å². The van der Waals surface area contributed by atoms with Gasteiger partial charge in [-0.15, -0.1) is 0 Å². The smallest absolute Gasteiger partial charge is 0.242 e. The van der Waals surface area contributed by atoms with E-state index in [0.29, 0.717) is 18.9 Å². The van der Waals surface area contributed by atoms with E-state index in [0.717, 1.165) is 54.9 Å². The summed E-state index contributed by atoms with van der Waals surface area (Å²) in [4.78, 5) is 35.1. The van der Waals surface area contributed by atoms with E-state index in [2.05, 4.69) is 42.7 Å². The number of carbonyl (C=O) groups is 2. The number of imidazole rings is 1. The van der Waals surface area contributed by atoms with E-state index in [-0.39, 0.29) is 24.3 Å². The highest BCUT2D eigenvalue weighted by Gasteiger charge is 2.35. The molecule has 0 N–H and O–H groups in total. The summed E-state index contributed by atoms with van der Waals surface area (Å²) < 4.78 is 2.06. The van der Waals surface area contributed by atoms with E-state index in [1.54, 1.807) is 0 Å². The first kappa shape index (κ1) is 23.6. The van der Waals surface area contributed by atoms with Gasteiger partial charge in [0.2, 0.25) is 11.8 Å². The number of unbranched alkanes of at least 4 members (excludes halogenated alkanes) is 1. The van der Waals surface area contributed by atoms with Crippen molar-refractivity contribution in [3.05, 3.63) is 59.9 Å². The summed E-state index contributed by atoms with van der Waals surface area (Å²) in [5.41, 5.74) is 4.10. The van der Waals surface area contributed by atoms with Gasteiger partial charge in [0.1, 0.15) is 12.4 Å². The van der Waals surface area contributed by atoms with Gasteiger partial charge in [-0.05, 0) is 61.4 Å². The Morgan fingerprint density at radius 3 is 2.54 bits per heavy atom. The molecule has 5 rings (SSSR count). The van der Waals surface area contributed by atoms with Crippen LogP contribution in [0.2, 0.25) is 0 Å². The second kappa shape index (κ2) is 10.2. The van der Waals surface area contributed by atoms with E-state index >= 15 is 0 Å². The molecule has 2 aromatic carbocycles. The third-order valence-corrected chi connectivity index (χ3v) is 7.67. The molecular weight excluding hydrogens is 436 g/mol. The Hall–Kier alpha value is -3.15. The van der Waals surface area contributed by atoms with Crippen molar-refractivity contribution in [2.24, 2.45) is 5.92 Å². The molecule has 2 aliphatic rings. The maximum atomic E-state index is 13.2. The molecule has 2 fully saturated rings. The minimum Gasteiger partial charge on any atom is -0.341 e. The Kier molecular flexibility index (Phi) is 6.89. The van der Waals surface area contributed by atoms with Gasteiger partial charge in [0.25, 0.3) is 0 Å². The van der Waals surface area contributed by atoms with Crippen LogP contribution in [0.3, 0.4) is 0 Å². The lowest BCUT2D eigenvalue weighted by Gasteiger charge is -2.30. The number of para-hydroxylation sites is 2. The molecule has 0 aliphatic carbocycles. The van der Waals surface area contributed by atoms with E-state index in [1.807, 2.05) is 34.1 Å². The van der Waals surface area contributed by atoms with Crippen molar-refractivity contribution >= 4 is 28.5 Å². The summed E-state index contributed by atoms with van der Waals surface area (Å²) in [5, 5.41) is 0. The standard InChI is InChI=1S/C29H36N4O2/c1-3-4-7-22-10-12-24(13-11-22)32-19-23(18-27(32)34)29-30-25-8-5-6-9-26(25)33(29)20-28(35)31-16-14-21(2)15-17-31/h5-6,8-13,21,23H,3-4,7,14-20H2,1-2H3. The zero-order valence-corrected chi connectivity index (χ0v) is 20.9.